The first-order valence-electron chi connectivity index (χ1n) is 6.38. The second-order valence-corrected chi connectivity index (χ2v) is 4.86. The van der Waals surface area contributed by atoms with E-state index in [4.69, 9.17) is 21.1 Å². The van der Waals surface area contributed by atoms with Crippen molar-refractivity contribution in [3.8, 4) is 5.75 Å². The van der Waals surface area contributed by atoms with E-state index < -0.39 is 6.10 Å². The number of nitrogens with one attached hydrogen (secondary N) is 1. The number of aliphatic hydroxyl groups excluding tert-OH is 1. The average molecular weight is 288 g/mol. The Hall–Kier alpha value is -0.810. The fourth-order valence-electron chi connectivity index (χ4n) is 1.51. The molecule has 0 aliphatic rings. The van der Waals surface area contributed by atoms with Gasteiger partial charge < -0.3 is 19.9 Å². The summed E-state index contributed by atoms with van der Waals surface area (Å²) in [6.07, 6.45) is -0.815. The first-order valence-corrected chi connectivity index (χ1v) is 6.75. The van der Waals surface area contributed by atoms with Crippen molar-refractivity contribution in [3.05, 3.63) is 28.8 Å². The van der Waals surface area contributed by atoms with E-state index >= 15 is 0 Å². The van der Waals surface area contributed by atoms with Crippen LogP contribution < -0.4 is 10.1 Å². The van der Waals surface area contributed by atoms with Crippen molar-refractivity contribution in [3.63, 3.8) is 0 Å². The molecule has 1 aromatic rings. The quantitative estimate of drug-likeness (QED) is 0.720. The van der Waals surface area contributed by atoms with E-state index in [2.05, 4.69) is 5.32 Å². The SMILES string of the molecule is COCCNCc1c(Cl)cccc1OC(C)C(C)O. The smallest absolute Gasteiger partial charge is 0.125 e. The van der Waals surface area contributed by atoms with E-state index in [1.807, 2.05) is 25.1 Å². The van der Waals surface area contributed by atoms with Gasteiger partial charge in [0.25, 0.3) is 0 Å². The molecular formula is C14H22ClNO3. The van der Waals surface area contributed by atoms with Crippen LogP contribution in [0.2, 0.25) is 5.02 Å². The second-order valence-electron chi connectivity index (χ2n) is 4.45. The largest absolute Gasteiger partial charge is 0.488 e. The molecule has 0 heterocycles. The van der Waals surface area contributed by atoms with Crippen molar-refractivity contribution in [2.75, 3.05) is 20.3 Å². The molecule has 0 radical (unpaired) electrons. The van der Waals surface area contributed by atoms with Crippen LogP contribution in [0, 0.1) is 0 Å². The lowest BCUT2D eigenvalue weighted by Crippen LogP contribution is -2.26. The summed E-state index contributed by atoms with van der Waals surface area (Å²) in [4.78, 5) is 0. The Kier molecular flexibility index (Phi) is 7.16. The van der Waals surface area contributed by atoms with Gasteiger partial charge in [-0.3, -0.25) is 0 Å². The first kappa shape index (κ1) is 16.2. The minimum absolute atomic E-state index is 0.281. The summed E-state index contributed by atoms with van der Waals surface area (Å²) >= 11 is 6.19. The Labute approximate surface area is 119 Å². The fraction of sp³-hybridized carbons (Fsp3) is 0.571. The lowest BCUT2D eigenvalue weighted by atomic mass is 10.2. The molecule has 0 spiro atoms. The molecule has 2 unspecified atom stereocenters. The standard InChI is InChI=1S/C14H22ClNO3/c1-10(17)11(2)19-14-6-4-5-13(15)12(14)9-16-7-8-18-3/h4-6,10-11,16-17H,7-9H2,1-3H3. The van der Waals surface area contributed by atoms with Gasteiger partial charge in [-0.05, 0) is 26.0 Å². The van der Waals surface area contributed by atoms with Crippen LogP contribution in [0.4, 0.5) is 0 Å². The number of hydrogen-bond acceptors (Lipinski definition) is 4. The molecule has 0 fully saturated rings. The van der Waals surface area contributed by atoms with Gasteiger partial charge in [0.15, 0.2) is 0 Å². The number of hydrogen-bond donors (Lipinski definition) is 2. The minimum Gasteiger partial charge on any atom is -0.488 e. The van der Waals surface area contributed by atoms with Crippen LogP contribution in [0.15, 0.2) is 18.2 Å². The normalized spacial score (nSPS) is 14.2. The number of rotatable bonds is 8. The maximum Gasteiger partial charge on any atom is 0.125 e. The number of benzene rings is 1. The van der Waals surface area contributed by atoms with Gasteiger partial charge in [-0.2, -0.15) is 0 Å². The third kappa shape index (κ3) is 5.37. The molecule has 0 aromatic heterocycles. The fourth-order valence-corrected chi connectivity index (χ4v) is 1.74. The highest BCUT2D eigenvalue weighted by molar-refractivity contribution is 6.31. The highest BCUT2D eigenvalue weighted by atomic mass is 35.5. The number of ether oxygens (including phenoxy) is 2. The van der Waals surface area contributed by atoms with Gasteiger partial charge in [-0.15, -0.1) is 0 Å². The first-order chi connectivity index (χ1) is 9.06. The molecule has 1 rings (SSSR count). The number of halogens is 1. The van der Waals surface area contributed by atoms with Crippen LogP contribution in [-0.4, -0.2) is 37.6 Å². The molecule has 5 heteroatoms. The van der Waals surface area contributed by atoms with Gasteiger partial charge in [-0.1, -0.05) is 17.7 Å². The van der Waals surface area contributed by atoms with E-state index in [0.717, 1.165) is 12.1 Å². The summed E-state index contributed by atoms with van der Waals surface area (Å²) < 4.78 is 10.7. The number of methoxy groups -OCH3 is 1. The van der Waals surface area contributed by atoms with E-state index in [1.165, 1.54) is 0 Å². The maximum atomic E-state index is 9.50. The molecule has 2 atom stereocenters. The molecule has 0 bridgehead atoms. The molecule has 0 saturated carbocycles. The van der Waals surface area contributed by atoms with Crippen molar-refractivity contribution < 1.29 is 14.6 Å². The van der Waals surface area contributed by atoms with Crippen LogP contribution >= 0.6 is 11.6 Å². The molecule has 2 N–H and O–H groups in total. The highest BCUT2D eigenvalue weighted by Crippen LogP contribution is 2.27. The Bertz CT molecular complexity index is 385. The third-order valence-electron chi connectivity index (χ3n) is 2.85. The summed E-state index contributed by atoms with van der Waals surface area (Å²) in [6.45, 7) is 5.52. The minimum atomic E-state index is -0.534. The molecule has 19 heavy (non-hydrogen) atoms. The summed E-state index contributed by atoms with van der Waals surface area (Å²) in [5.74, 6) is 0.700. The van der Waals surface area contributed by atoms with Crippen LogP contribution in [-0.2, 0) is 11.3 Å². The van der Waals surface area contributed by atoms with Crippen LogP contribution in [0.25, 0.3) is 0 Å². The molecular weight excluding hydrogens is 266 g/mol. The maximum absolute atomic E-state index is 9.50. The van der Waals surface area contributed by atoms with Gasteiger partial charge in [0.1, 0.15) is 11.9 Å². The molecule has 0 saturated heterocycles. The van der Waals surface area contributed by atoms with Gasteiger partial charge in [-0.25, -0.2) is 0 Å². The molecule has 0 aliphatic heterocycles. The van der Waals surface area contributed by atoms with Crippen molar-refractivity contribution in [1.29, 1.82) is 0 Å². The summed E-state index contributed by atoms with van der Waals surface area (Å²) in [6, 6.07) is 5.53. The Balaban J connectivity index is 2.71. The monoisotopic (exact) mass is 287 g/mol. The third-order valence-corrected chi connectivity index (χ3v) is 3.21. The van der Waals surface area contributed by atoms with Crippen LogP contribution in [0.1, 0.15) is 19.4 Å². The van der Waals surface area contributed by atoms with Gasteiger partial charge >= 0.3 is 0 Å². The lowest BCUT2D eigenvalue weighted by Gasteiger charge is -2.20. The molecule has 0 aliphatic carbocycles. The number of aliphatic hydroxyl groups is 1. The van der Waals surface area contributed by atoms with Gasteiger partial charge in [0, 0.05) is 30.8 Å². The molecule has 108 valence electrons. The van der Waals surface area contributed by atoms with Crippen LogP contribution in [0.3, 0.4) is 0 Å². The zero-order valence-corrected chi connectivity index (χ0v) is 12.4. The highest BCUT2D eigenvalue weighted by Gasteiger charge is 2.14. The predicted octanol–water partition coefficient (Wildman–Crippen LogP) is 2.22. The van der Waals surface area contributed by atoms with E-state index in [-0.39, 0.29) is 6.10 Å². The van der Waals surface area contributed by atoms with Gasteiger partial charge in [0.05, 0.1) is 12.7 Å². The van der Waals surface area contributed by atoms with Crippen LogP contribution in [0.5, 0.6) is 5.75 Å². The van der Waals surface area contributed by atoms with E-state index in [0.29, 0.717) is 23.9 Å². The Morgan fingerprint density at radius 3 is 2.74 bits per heavy atom. The van der Waals surface area contributed by atoms with Crippen molar-refractivity contribution >= 4 is 11.6 Å². The molecule has 1 aromatic carbocycles. The Morgan fingerprint density at radius 2 is 2.11 bits per heavy atom. The lowest BCUT2D eigenvalue weighted by molar-refractivity contribution is 0.0597. The molecule has 0 amide bonds. The van der Waals surface area contributed by atoms with Crippen molar-refractivity contribution in [1.82, 2.24) is 5.32 Å². The van der Waals surface area contributed by atoms with Gasteiger partial charge in [0.2, 0.25) is 0 Å². The summed E-state index contributed by atoms with van der Waals surface area (Å²) in [7, 11) is 1.66. The zero-order chi connectivity index (χ0) is 14.3. The summed E-state index contributed by atoms with van der Waals surface area (Å²) in [5.41, 5.74) is 0.896. The van der Waals surface area contributed by atoms with E-state index in [1.54, 1.807) is 14.0 Å². The molecule has 4 nitrogen and oxygen atoms in total. The average Bonchev–Trinajstić information content (AvgIpc) is 2.37. The zero-order valence-electron chi connectivity index (χ0n) is 11.6. The Morgan fingerprint density at radius 1 is 1.37 bits per heavy atom. The predicted molar refractivity (Wildman–Crippen MR) is 76.8 cm³/mol. The van der Waals surface area contributed by atoms with Crippen molar-refractivity contribution in [2.24, 2.45) is 0 Å². The van der Waals surface area contributed by atoms with Crippen molar-refractivity contribution in [2.45, 2.75) is 32.6 Å². The summed E-state index contributed by atoms with van der Waals surface area (Å²) in [5, 5.41) is 13.4. The topological polar surface area (TPSA) is 50.7 Å². The second kappa shape index (κ2) is 8.38. The van der Waals surface area contributed by atoms with E-state index in [9.17, 15) is 5.11 Å².